The summed E-state index contributed by atoms with van der Waals surface area (Å²) < 4.78 is 39.8. The number of piperazine rings is 1. The summed E-state index contributed by atoms with van der Waals surface area (Å²) in [5.41, 5.74) is 0.418. The maximum absolute atomic E-state index is 13.3. The molecule has 1 heterocycles. The quantitative estimate of drug-likeness (QED) is 0.377. The SMILES string of the molecule is Cc1ccc(N2CCN(C(=O)N(C)CC3CCC(Nc4ccc([N+](=O)[O-])c(C(F)(F)F)c4)CC3)CC2)cc1. The lowest BCUT2D eigenvalue weighted by atomic mass is 9.85. The first-order valence-electron chi connectivity index (χ1n) is 12.9. The van der Waals surface area contributed by atoms with Crippen LogP contribution in [0, 0.1) is 23.0 Å². The highest BCUT2D eigenvalue weighted by molar-refractivity contribution is 5.74. The first-order valence-corrected chi connectivity index (χ1v) is 12.9. The fraction of sp³-hybridized carbons (Fsp3) is 0.519. The van der Waals surface area contributed by atoms with E-state index < -0.39 is 22.4 Å². The van der Waals surface area contributed by atoms with Crippen molar-refractivity contribution in [1.29, 1.82) is 0 Å². The van der Waals surface area contributed by atoms with Crippen LogP contribution in [0.3, 0.4) is 0 Å². The van der Waals surface area contributed by atoms with E-state index >= 15 is 0 Å². The summed E-state index contributed by atoms with van der Waals surface area (Å²) in [6.07, 6.45) is -1.62. The molecule has 0 aromatic heterocycles. The predicted molar refractivity (Wildman–Crippen MR) is 140 cm³/mol. The van der Waals surface area contributed by atoms with Gasteiger partial charge in [0.2, 0.25) is 0 Å². The Labute approximate surface area is 220 Å². The number of nitrogens with zero attached hydrogens (tertiary/aromatic N) is 4. The number of alkyl halides is 3. The van der Waals surface area contributed by atoms with Crippen molar-refractivity contribution in [3.8, 4) is 0 Å². The van der Waals surface area contributed by atoms with Crippen molar-refractivity contribution >= 4 is 23.1 Å². The molecule has 2 fully saturated rings. The van der Waals surface area contributed by atoms with Crippen LogP contribution in [-0.4, -0.2) is 66.6 Å². The fourth-order valence-electron chi connectivity index (χ4n) is 5.36. The molecule has 0 spiro atoms. The number of rotatable bonds is 6. The average Bonchev–Trinajstić information content (AvgIpc) is 2.89. The van der Waals surface area contributed by atoms with Gasteiger partial charge in [-0.2, -0.15) is 13.2 Å². The Balaban J connectivity index is 1.23. The third-order valence-corrected chi connectivity index (χ3v) is 7.52. The van der Waals surface area contributed by atoms with Crippen LogP contribution >= 0.6 is 0 Å². The lowest BCUT2D eigenvalue weighted by molar-refractivity contribution is -0.388. The number of benzene rings is 2. The molecule has 0 unspecified atom stereocenters. The van der Waals surface area contributed by atoms with Crippen molar-refractivity contribution in [2.24, 2.45) is 5.92 Å². The smallest absolute Gasteiger partial charge is 0.382 e. The second-order valence-corrected chi connectivity index (χ2v) is 10.3. The second kappa shape index (κ2) is 11.5. The third-order valence-electron chi connectivity index (χ3n) is 7.52. The Hall–Kier alpha value is -3.50. The van der Waals surface area contributed by atoms with E-state index in [1.807, 2.05) is 11.9 Å². The maximum atomic E-state index is 13.3. The van der Waals surface area contributed by atoms with Gasteiger partial charge < -0.3 is 20.0 Å². The van der Waals surface area contributed by atoms with E-state index in [1.54, 1.807) is 4.90 Å². The largest absolute Gasteiger partial charge is 0.423 e. The molecule has 0 radical (unpaired) electrons. The standard InChI is InChI=1S/C27H34F3N5O3/c1-19-3-10-23(11-4-19)33-13-15-34(16-14-33)26(36)32(2)18-20-5-7-21(8-6-20)31-22-9-12-25(35(37)38)24(17-22)27(28,29)30/h3-4,9-12,17,20-21,31H,5-8,13-16,18H2,1-2H3. The molecule has 0 bridgehead atoms. The molecule has 1 aliphatic carbocycles. The van der Waals surface area contributed by atoms with Gasteiger partial charge >= 0.3 is 12.2 Å². The monoisotopic (exact) mass is 533 g/mol. The minimum Gasteiger partial charge on any atom is -0.382 e. The summed E-state index contributed by atoms with van der Waals surface area (Å²) in [5, 5.41) is 14.1. The second-order valence-electron chi connectivity index (χ2n) is 10.3. The van der Waals surface area contributed by atoms with Crippen molar-refractivity contribution in [3.05, 3.63) is 63.7 Å². The molecule has 1 aliphatic heterocycles. The molecule has 0 atom stereocenters. The molecule has 206 valence electrons. The summed E-state index contributed by atoms with van der Waals surface area (Å²) >= 11 is 0. The number of hydrogen-bond acceptors (Lipinski definition) is 5. The van der Waals surface area contributed by atoms with Crippen LogP contribution in [0.5, 0.6) is 0 Å². The van der Waals surface area contributed by atoms with Gasteiger partial charge in [0.15, 0.2) is 0 Å². The number of nitrogens with one attached hydrogen (secondary N) is 1. The van der Waals surface area contributed by atoms with Crippen molar-refractivity contribution in [2.45, 2.75) is 44.8 Å². The van der Waals surface area contributed by atoms with Crippen LogP contribution in [0.1, 0.15) is 36.8 Å². The summed E-state index contributed by atoms with van der Waals surface area (Å²) in [6, 6.07) is 11.5. The molecule has 1 N–H and O–H groups in total. The van der Waals surface area contributed by atoms with Crippen LogP contribution in [0.4, 0.5) is 35.0 Å². The topological polar surface area (TPSA) is 82.0 Å². The minimum atomic E-state index is -4.80. The van der Waals surface area contributed by atoms with Gasteiger partial charge in [-0.15, -0.1) is 0 Å². The lowest BCUT2D eigenvalue weighted by Crippen LogP contribution is -2.52. The number of anilines is 2. The van der Waals surface area contributed by atoms with E-state index in [1.165, 1.54) is 17.3 Å². The number of nitro groups is 1. The van der Waals surface area contributed by atoms with Gasteiger partial charge in [-0.25, -0.2) is 4.79 Å². The van der Waals surface area contributed by atoms with E-state index in [9.17, 15) is 28.1 Å². The van der Waals surface area contributed by atoms with Crippen molar-refractivity contribution in [1.82, 2.24) is 9.80 Å². The Morgan fingerprint density at radius 2 is 1.68 bits per heavy atom. The normalized spacial score (nSPS) is 20.2. The van der Waals surface area contributed by atoms with Crippen molar-refractivity contribution < 1.29 is 22.9 Å². The third kappa shape index (κ3) is 6.68. The first kappa shape index (κ1) is 27.5. The van der Waals surface area contributed by atoms with Gasteiger partial charge in [-0.1, -0.05) is 17.7 Å². The highest BCUT2D eigenvalue weighted by atomic mass is 19.4. The van der Waals surface area contributed by atoms with Crippen molar-refractivity contribution in [3.63, 3.8) is 0 Å². The van der Waals surface area contributed by atoms with Crippen LogP contribution in [-0.2, 0) is 6.18 Å². The van der Waals surface area contributed by atoms with Crippen LogP contribution in [0.2, 0.25) is 0 Å². The van der Waals surface area contributed by atoms with Crippen LogP contribution in [0.15, 0.2) is 42.5 Å². The van der Waals surface area contributed by atoms with Gasteiger partial charge in [0, 0.05) is 63.3 Å². The van der Waals surface area contributed by atoms with Crippen LogP contribution < -0.4 is 10.2 Å². The Morgan fingerprint density at radius 1 is 1.05 bits per heavy atom. The number of hydrogen-bond donors (Lipinski definition) is 1. The molecule has 4 rings (SSSR count). The Bertz CT molecular complexity index is 1130. The van der Waals surface area contributed by atoms with Gasteiger partial charge in [0.25, 0.3) is 5.69 Å². The molecule has 8 nitrogen and oxygen atoms in total. The van der Waals surface area contributed by atoms with E-state index in [0.29, 0.717) is 25.6 Å². The summed E-state index contributed by atoms with van der Waals surface area (Å²) in [6.45, 7) is 5.62. The number of urea groups is 1. The molecule has 2 aliphatic rings. The number of amides is 2. The maximum Gasteiger partial charge on any atom is 0.423 e. The molecule has 1 saturated heterocycles. The highest BCUT2D eigenvalue weighted by Crippen LogP contribution is 2.38. The van der Waals surface area contributed by atoms with Gasteiger partial charge in [-0.3, -0.25) is 10.1 Å². The summed E-state index contributed by atoms with van der Waals surface area (Å²) in [4.78, 5) is 29.0. The molecule has 1 saturated carbocycles. The van der Waals surface area contributed by atoms with E-state index in [2.05, 4.69) is 41.4 Å². The van der Waals surface area contributed by atoms with Crippen molar-refractivity contribution in [2.75, 3.05) is 50.0 Å². The molecule has 2 amide bonds. The molecule has 2 aromatic carbocycles. The number of halogens is 3. The van der Waals surface area contributed by atoms with Gasteiger partial charge in [-0.05, 0) is 62.8 Å². The molecule has 2 aromatic rings. The summed E-state index contributed by atoms with van der Waals surface area (Å²) in [5.74, 6) is 0.318. The van der Waals surface area contributed by atoms with Gasteiger partial charge in [0.05, 0.1) is 4.92 Å². The number of nitro benzene ring substituents is 1. The number of carbonyl (C=O) groups excluding carboxylic acids is 1. The minimum absolute atomic E-state index is 0.0235. The Morgan fingerprint density at radius 3 is 2.26 bits per heavy atom. The highest BCUT2D eigenvalue weighted by Gasteiger charge is 2.38. The molecule has 38 heavy (non-hydrogen) atoms. The average molecular weight is 534 g/mol. The predicted octanol–water partition coefficient (Wildman–Crippen LogP) is 5.77. The zero-order valence-corrected chi connectivity index (χ0v) is 21.7. The lowest BCUT2D eigenvalue weighted by Gasteiger charge is -2.39. The molecular formula is C27H34F3N5O3. The first-order chi connectivity index (χ1) is 18.0. The zero-order chi connectivity index (χ0) is 27.4. The number of aryl methyl sites for hydroxylation is 1. The van der Waals surface area contributed by atoms with E-state index in [0.717, 1.165) is 50.9 Å². The Kier molecular flexibility index (Phi) is 8.32. The summed E-state index contributed by atoms with van der Waals surface area (Å²) in [7, 11) is 1.83. The van der Waals surface area contributed by atoms with E-state index in [4.69, 9.17) is 0 Å². The number of carbonyl (C=O) groups is 1. The molecular weight excluding hydrogens is 499 g/mol. The molecule has 11 heteroatoms. The van der Waals surface area contributed by atoms with Crippen LogP contribution in [0.25, 0.3) is 0 Å². The fourth-order valence-corrected chi connectivity index (χ4v) is 5.36. The zero-order valence-electron chi connectivity index (χ0n) is 21.7. The van der Waals surface area contributed by atoms with Gasteiger partial charge in [0.1, 0.15) is 5.56 Å². The van der Waals surface area contributed by atoms with E-state index in [-0.39, 0.29) is 17.8 Å².